The minimum absolute atomic E-state index is 0.159. The molecule has 0 aliphatic rings. The third-order valence-electron chi connectivity index (χ3n) is 2.59. The molecule has 2 amide bonds. The molecule has 0 fully saturated rings. The highest BCUT2D eigenvalue weighted by Gasteiger charge is 2.20. The van der Waals surface area contributed by atoms with E-state index in [4.69, 9.17) is 0 Å². The van der Waals surface area contributed by atoms with Gasteiger partial charge in [0.2, 0.25) is 11.8 Å². The molecular weight excluding hydrogens is 242 g/mol. The summed E-state index contributed by atoms with van der Waals surface area (Å²) < 4.78 is 0. The van der Waals surface area contributed by atoms with E-state index in [2.05, 4.69) is 15.6 Å². The van der Waals surface area contributed by atoms with Crippen molar-refractivity contribution in [2.45, 2.75) is 39.8 Å². The summed E-state index contributed by atoms with van der Waals surface area (Å²) in [7, 11) is 0. The average molecular weight is 263 g/mol. The average Bonchev–Trinajstić information content (AvgIpc) is 2.35. The molecule has 0 aromatic carbocycles. The van der Waals surface area contributed by atoms with Crippen LogP contribution in [0, 0.1) is 5.92 Å². The first-order chi connectivity index (χ1) is 8.99. The number of carbonyl (C=O) groups is 2. The van der Waals surface area contributed by atoms with Gasteiger partial charge in [-0.05, 0) is 24.0 Å². The van der Waals surface area contributed by atoms with Crippen LogP contribution in [0.5, 0.6) is 0 Å². The van der Waals surface area contributed by atoms with Crippen LogP contribution in [0.25, 0.3) is 0 Å². The van der Waals surface area contributed by atoms with Crippen LogP contribution >= 0.6 is 0 Å². The van der Waals surface area contributed by atoms with E-state index < -0.39 is 6.04 Å². The number of rotatable bonds is 6. The summed E-state index contributed by atoms with van der Waals surface area (Å²) in [5.74, 6) is -0.0177. The third-order valence-corrected chi connectivity index (χ3v) is 2.59. The second-order valence-corrected chi connectivity index (χ2v) is 4.96. The number of carbonyl (C=O) groups excluding carboxylic acids is 2. The lowest BCUT2D eigenvalue weighted by Gasteiger charge is -2.19. The molecule has 0 saturated heterocycles. The Balaban J connectivity index is 2.54. The standard InChI is InChI=1S/C14H21N3O2/c1-10(2)7-13(17-11(3)18)14(19)16-9-12-5-4-6-15-8-12/h4-6,8,10,13H,7,9H2,1-3H3,(H,16,19)(H,17,18)/t13-/m0/s1. The number of amides is 2. The van der Waals surface area contributed by atoms with E-state index in [-0.39, 0.29) is 11.8 Å². The zero-order valence-electron chi connectivity index (χ0n) is 11.6. The molecule has 0 radical (unpaired) electrons. The SMILES string of the molecule is CC(=O)N[C@@H](CC(C)C)C(=O)NCc1cccnc1. The molecule has 1 heterocycles. The topological polar surface area (TPSA) is 71.1 Å². The van der Waals surface area contributed by atoms with E-state index in [1.54, 1.807) is 12.4 Å². The van der Waals surface area contributed by atoms with Crippen molar-refractivity contribution in [1.29, 1.82) is 0 Å². The van der Waals surface area contributed by atoms with Gasteiger partial charge in [-0.1, -0.05) is 19.9 Å². The first kappa shape index (κ1) is 15.1. The predicted octanol–water partition coefficient (Wildman–Crippen LogP) is 1.25. The Morgan fingerprint density at radius 2 is 2.11 bits per heavy atom. The Hall–Kier alpha value is -1.91. The molecule has 104 valence electrons. The second-order valence-electron chi connectivity index (χ2n) is 4.96. The van der Waals surface area contributed by atoms with Crippen LogP contribution in [-0.4, -0.2) is 22.8 Å². The molecule has 0 unspecified atom stereocenters. The van der Waals surface area contributed by atoms with Crippen molar-refractivity contribution in [2.24, 2.45) is 5.92 Å². The van der Waals surface area contributed by atoms with Gasteiger partial charge in [0.25, 0.3) is 0 Å². The number of pyridine rings is 1. The van der Waals surface area contributed by atoms with Crippen molar-refractivity contribution < 1.29 is 9.59 Å². The zero-order valence-corrected chi connectivity index (χ0v) is 11.6. The van der Waals surface area contributed by atoms with E-state index in [0.29, 0.717) is 18.9 Å². The lowest BCUT2D eigenvalue weighted by molar-refractivity contribution is -0.128. The van der Waals surface area contributed by atoms with Crippen LogP contribution < -0.4 is 10.6 Å². The van der Waals surface area contributed by atoms with Gasteiger partial charge in [-0.25, -0.2) is 0 Å². The molecule has 19 heavy (non-hydrogen) atoms. The van der Waals surface area contributed by atoms with Gasteiger partial charge in [0.05, 0.1) is 0 Å². The van der Waals surface area contributed by atoms with Gasteiger partial charge in [-0.3, -0.25) is 14.6 Å². The fourth-order valence-electron chi connectivity index (χ4n) is 1.76. The molecular formula is C14H21N3O2. The van der Waals surface area contributed by atoms with Gasteiger partial charge >= 0.3 is 0 Å². The van der Waals surface area contributed by atoms with Gasteiger partial charge in [-0.15, -0.1) is 0 Å². The first-order valence-corrected chi connectivity index (χ1v) is 6.42. The molecule has 1 atom stereocenters. The number of nitrogens with one attached hydrogen (secondary N) is 2. The smallest absolute Gasteiger partial charge is 0.242 e. The number of nitrogens with zero attached hydrogens (tertiary/aromatic N) is 1. The lowest BCUT2D eigenvalue weighted by Crippen LogP contribution is -2.46. The largest absolute Gasteiger partial charge is 0.350 e. The molecule has 2 N–H and O–H groups in total. The van der Waals surface area contributed by atoms with E-state index in [1.807, 2.05) is 26.0 Å². The van der Waals surface area contributed by atoms with Gasteiger partial charge in [0.1, 0.15) is 6.04 Å². The Kier molecular flexibility index (Phi) is 5.99. The van der Waals surface area contributed by atoms with Crippen LogP contribution in [0.1, 0.15) is 32.8 Å². The van der Waals surface area contributed by atoms with Crippen molar-refractivity contribution in [3.8, 4) is 0 Å². The molecule has 1 aromatic rings. The summed E-state index contributed by atoms with van der Waals surface area (Å²) in [6.45, 7) is 5.87. The van der Waals surface area contributed by atoms with Crippen LogP contribution in [0.4, 0.5) is 0 Å². The van der Waals surface area contributed by atoms with Gasteiger partial charge in [-0.2, -0.15) is 0 Å². The number of hydrogen-bond donors (Lipinski definition) is 2. The molecule has 1 rings (SSSR count). The highest BCUT2D eigenvalue weighted by Crippen LogP contribution is 2.05. The van der Waals surface area contributed by atoms with Crippen LogP contribution in [0.2, 0.25) is 0 Å². The predicted molar refractivity (Wildman–Crippen MR) is 73.1 cm³/mol. The summed E-state index contributed by atoms with van der Waals surface area (Å²) in [4.78, 5) is 27.1. The summed E-state index contributed by atoms with van der Waals surface area (Å²) in [5, 5.41) is 5.50. The fraction of sp³-hybridized carbons (Fsp3) is 0.500. The first-order valence-electron chi connectivity index (χ1n) is 6.42. The monoisotopic (exact) mass is 263 g/mol. The van der Waals surface area contributed by atoms with E-state index >= 15 is 0 Å². The Morgan fingerprint density at radius 1 is 1.37 bits per heavy atom. The van der Waals surface area contributed by atoms with Crippen LogP contribution in [0.3, 0.4) is 0 Å². The van der Waals surface area contributed by atoms with E-state index in [9.17, 15) is 9.59 Å². The number of aromatic nitrogens is 1. The lowest BCUT2D eigenvalue weighted by atomic mass is 10.0. The van der Waals surface area contributed by atoms with E-state index in [0.717, 1.165) is 5.56 Å². The minimum atomic E-state index is -0.478. The highest BCUT2D eigenvalue weighted by molar-refractivity contribution is 5.86. The van der Waals surface area contributed by atoms with E-state index in [1.165, 1.54) is 6.92 Å². The third kappa shape index (κ3) is 5.99. The maximum atomic E-state index is 12.0. The second kappa shape index (κ2) is 7.51. The molecule has 0 saturated carbocycles. The fourth-order valence-corrected chi connectivity index (χ4v) is 1.76. The molecule has 5 heteroatoms. The summed E-state index contributed by atoms with van der Waals surface area (Å²) in [5.41, 5.74) is 0.932. The maximum absolute atomic E-state index is 12.0. The molecule has 0 aliphatic carbocycles. The molecule has 0 bridgehead atoms. The highest BCUT2D eigenvalue weighted by atomic mass is 16.2. The summed E-state index contributed by atoms with van der Waals surface area (Å²) >= 11 is 0. The van der Waals surface area contributed by atoms with Gasteiger partial charge < -0.3 is 10.6 Å². The normalized spacial score (nSPS) is 12.0. The molecule has 0 aliphatic heterocycles. The van der Waals surface area contributed by atoms with Crippen molar-refractivity contribution in [1.82, 2.24) is 15.6 Å². The van der Waals surface area contributed by atoms with Crippen molar-refractivity contribution in [3.05, 3.63) is 30.1 Å². The van der Waals surface area contributed by atoms with Crippen LogP contribution in [-0.2, 0) is 16.1 Å². The summed E-state index contributed by atoms with van der Waals surface area (Å²) in [6.07, 6.45) is 4.01. The van der Waals surface area contributed by atoms with Crippen molar-refractivity contribution in [2.75, 3.05) is 0 Å². The van der Waals surface area contributed by atoms with Crippen molar-refractivity contribution in [3.63, 3.8) is 0 Å². The Morgan fingerprint density at radius 3 is 2.63 bits per heavy atom. The van der Waals surface area contributed by atoms with Gasteiger partial charge in [0, 0.05) is 25.9 Å². The quantitative estimate of drug-likeness (QED) is 0.811. The maximum Gasteiger partial charge on any atom is 0.242 e. The molecule has 0 spiro atoms. The zero-order chi connectivity index (χ0) is 14.3. The van der Waals surface area contributed by atoms with Crippen LogP contribution in [0.15, 0.2) is 24.5 Å². The summed E-state index contributed by atoms with van der Waals surface area (Å²) in [6, 6.07) is 3.23. The molecule has 5 nitrogen and oxygen atoms in total. The number of hydrogen-bond acceptors (Lipinski definition) is 3. The molecule has 1 aromatic heterocycles. The minimum Gasteiger partial charge on any atom is -0.350 e. The van der Waals surface area contributed by atoms with Crippen molar-refractivity contribution >= 4 is 11.8 Å². The van der Waals surface area contributed by atoms with Gasteiger partial charge in [0.15, 0.2) is 0 Å². The Labute approximate surface area is 113 Å². The Bertz CT molecular complexity index is 418.